The molecule has 0 aliphatic carbocycles. The number of ether oxygens (including phenoxy) is 2. The summed E-state index contributed by atoms with van der Waals surface area (Å²) in [5, 5.41) is 10.4. The highest BCUT2D eigenvalue weighted by atomic mass is 31.2. The van der Waals surface area contributed by atoms with Crippen molar-refractivity contribution in [2.75, 3.05) is 19.6 Å². The minimum Gasteiger partial charge on any atom is -0.373 e. The number of aliphatic hydroxyl groups is 1. The molecule has 1 fully saturated rings. The van der Waals surface area contributed by atoms with Crippen molar-refractivity contribution in [2.24, 2.45) is 0 Å². The van der Waals surface area contributed by atoms with Gasteiger partial charge in [0.2, 0.25) is 0 Å². The number of H-pyrrole nitrogens is 1. The number of rotatable bonds is 4. The van der Waals surface area contributed by atoms with Gasteiger partial charge < -0.3 is 24.4 Å². The average molecular weight is 308 g/mol. The first-order chi connectivity index (χ1) is 9.22. The zero-order chi connectivity index (χ0) is 15.0. The quantitative estimate of drug-likeness (QED) is 0.455. The molecular formula is C9H13N2O8P. The molecule has 2 atom stereocenters. The van der Waals surface area contributed by atoms with Crippen LogP contribution in [0.15, 0.2) is 21.9 Å². The van der Waals surface area contributed by atoms with Crippen LogP contribution in [0.2, 0.25) is 0 Å². The van der Waals surface area contributed by atoms with E-state index in [9.17, 15) is 19.3 Å². The molecular weight excluding hydrogens is 295 g/mol. The zero-order valence-corrected chi connectivity index (χ0v) is 11.0. The predicted molar refractivity (Wildman–Crippen MR) is 64.1 cm³/mol. The van der Waals surface area contributed by atoms with Crippen molar-refractivity contribution in [1.29, 1.82) is 0 Å². The third kappa shape index (κ3) is 3.06. The van der Waals surface area contributed by atoms with Gasteiger partial charge in [-0.05, 0) is 0 Å². The number of hydrogen-bond acceptors (Lipinski definition) is 6. The second-order valence-corrected chi connectivity index (χ2v) is 5.91. The van der Waals surface area contributed by atoms with Crippen molar-refractivity contribution < 1.29 is 28.9 Å². The summed E-state index contributed by atoms with van der Waals surface area (Å²) in [6.45, 7) is -0.465. The molecule has 2 rings (SSSR count). The van der Waals surface area contributed by atoms with Gasteiger partial charge >= 0.3 is 13.3 Å². The van der Waals surface area contributed by atoms with Crippen LogP contribution in [0.1, 0.15) is 0 Å². The molecule has 0 aromatic carbocycles. The first kappa shape index (κ1) is 15.1. The highest BCUT2D eigenvalue weighted by Crippen LogP contribution is 2.36. The molecule has 0 radical (unpaired) electrons. The van der Waals surface area contributed by atoms with E-state index in [1.807, 2.05) is 4.98 Å². The van der Waals surface area contributed by atoms with Crippen molar-refractivity contribution >= 4 is 7.60 Å². The molecule has 112 valence electrons. The fraction of sp³-hybridized carbons (Fsp3) is 0.556. The van der Waals surface area contributed by atoms with E-state index in [1.54, 1.807) is 0 Å². The van der Waals surface area contributed by atoms with Gasteiger partial charge in [0, 0.05) is 12.3 Å². The molecule has 20 heavy (non-hydrogen) atoms. The Labute approximate surface area is 111 Å². The smallest absolute Gasteiger partial charge is 0.350 e. The Bertz CT molecular complexity index is 648. The molecule has 1 aliphatic heterocycles. The Morgan fingerprint density at radius 3 is 2.85 bits per heavy atom. The highest BCUT2D eigenvalue weighted by molar-refractivity contribution is 7.51. The van der Waals surface area contributed by atoms with Gasteiger partial charge in [-0.3, -0.25) is 18.9 Å². The molecule has 11 heteroatoms. The SMILES string of the molecule is O=c1ccn(C2(O)COC[C@@H]2OCP(=O)(O)O)c(=O)[nH]1. The number of aromatic amines is 1. The maximum absolute atomic E-state index is 11.7. The van der Waals surface area contributed by atoms with Gasteiger partial charge in [0.25, 0.3) is 5.56 Å². The largest absolute Gasteiger partial charge is 0.373 e. The lowest BCUT2D eigenvalue weighted by atomic mass is 10.1. The summed E-state index contributed by atoms with van der Waals surface area (Å²) in [4.78, 5) is 42.1. The highest BCUT2D eigenvalue weighted by Gasteiger charge is 2.46. The van der Waals surface area contributed by atoms with Gasteiger partial charge in [-0.25, -0.2) is 4.79 Å². The summed E-state index contributed by atoms with van der Waals surface area (Å²) in [5.74, 6) is 0. The van der Waals surface area contributed by atoms with Crippen molar-refractivity contribution in [3.63, 3.8) is 0 Å². The number of nitrogens with zero attached hydrogens (tertiary/aromatic N) is 1. The Morgan fingerprint density at radius 1 is 1.55 bits per heavy atom. The molecule has 0 bridgehead atoms. The van der Waals surface area contributed by atoms with Crippen LogP contribution in [0, 0.1) is 0 Å². The van der Waals surface area contributed by atoms with Crippen LogP contribution in [0.5, 0.6) is 0 Å². The van der Waals surface area contributed by atoms with E-state index in [2.05, 4.69) is 0 Å². The zero-order valence-electron chi connectivity index (χ0n) is 10.1. The van der Waals surface area contributed by atoms with Gasteiger partial charge in [-0.15, -0.1) is 0 Å². The van der Waals surface area contributed by atoms with Crippen LogP contribution in [0.3, 0.4) is 0 Å². The first-order valence-corrected chi connectivity index (χ1v) is 7.31. The lowest BCUT2D eigenvalue weighted by Gasteiger charge is -2.29. The summed E-state index contributed by atoms with van der Waals surface area (Å²) < 4.78 is 21.5. The monoisotopic (exact) mass is 308 g/mol. The normalized spacial score (nSPS) is 26.9. The summed E-state index contributed by atoms with van der Waals surface area (Å²) >= 11 is 0. The maximum Gasteiger partial charge on any atom is 0.350 e. The maximum atomic E-state index is 11.7. The second kappa shape index (κ2) is 5.24. The van der Waals surface area contributed by atoms with Crippen LogP contribution in [-0.2, 0) is 19.8 Å². The molecule has 2 heterocycles. The van der Waals surface area contributed by atoms with E-state index >= 15 is 0 Å². The van der Waals surface area contributed by atoms with Crippen molar-refractivity contribution in [3.05, 3.63) is 33.1 Å². The molecule has 0 spiro atoms. The summed E-state index contributed by atoms with van der Waals surface area (Å²) in [7, 11) is -4.42. The van der Waals surface area contributed by atoms with E-state index < -0.39 is 37.0 Å². The summed E-state index contributed by atoms with van der Waals surface area (Å²) in [6, 6.07) is 1.03. The van der Waals surface area contributed by atoms with Crippen molar-refractivity contribution in [3.8, 4) is 0 Å². The lowest BCUT2D eigenvalue weighted by molar-refractivity contribution is -0.127. The van der Waals surface area contributed by atoms with E-state index in [0.29, 0.717) is 0 Å². The van der Waals surface area contributed by atoms with Crippen LogP contribution in [0.25, 0.3) is 0 Å². The van der Waals surface area contributed by atoms with Gasteiger partial charge in [0.1, 0.15) is 12.5 Å². The lowest BCUT2D eigenvalue weighted by Crippen LogP contribution is -2.51. The minimum absolute atomic E-state index is 0.151. The topological polar surface area (TPSA) is 151 Å². The fourth-order valence-corrected chi connectivity index (χ4v) is 2.23. The number of hydrogen-bond donors (Lipinski definition) is 4. The molecule has 0 saturated carbocycles. The van der Waals surface area contributed by atoms with Crippen LogP contribution in [-0.4, -0.2) is 50.1 Å². The molecule has 10 nitrogen and oxygen atoms in total. The van der Waals surface area contributed by atoms with E-state index in [-0.39, 0.29) is 13.2 Å². The van der Waals surface area contributed by atoms with E-state index in [1.165, 1.54) is 0 Å². The molecule has 1 unspecified atom stereocenters. The predicted octanol–water partition coefficient (Wildman–Crippen LogP) is -2.27. The molecule has 1 aromatic rings. The van der Waals surface area contributed by atoms with Crippen LogP contribution in [0.4, 0.5) is 0 Å². The van der Waals surface area contributed by atoms with Crippen molar-refractivity contribution in [1.82, 2.24) is 9.55 Å². The van der Waals surface area contributed by atoms with E-state index in [4.69, 9.17) is 19.3 Å². The van der Waals surface area contributed by atoms with Gasteiger partial charge in [0.15, 0.2) is 5.72 Å². The summed E-state index contributed by atoms with van der Waals surface area (Å²) in [5.41, 5.74) is -3.46. The van der Waals surface area contributed by atoms with Gasteiger partial charge in [0.05, 0.1) is 13.2 Å². The third-order valence-electron chi connectivity index (χ3n) is 2.78. The van der Waals surface area contributed by atoms with Crippen LogP contribution < -0.4 is 11.2 Å². The number of nitrogens with one attached hydrogen (secondary N) is 1. The van der Waals surface area contributed by atoms with Gasteiger partial charge in [-0.2, -0.15) is 0 Å². The molecule has 4 N–H and O–H groups in total. The molecule has 1 aromatic heterocycles. The number of aromatic nitrogens is 2. The van der Waals surface area contributed by atoms with Crippen LogP contribution >= 0.6 is 7.60 Å². The Hall–Kier alpha value is -1.29. The van der Waals surface area contributed by atoms with Gasteiger partial charge in [-0.1, -0.05) is 0 Å². The average Bonchev–Trinajstić information content (AvgIpc) is 2.67. The third-order valence-corrected chi connectivity index (χ3v) is 3.27. The molecule has 1 aliphatic rings. The molecule has 0 amide bonds. The summed E-state index contributed by atoms with van der Waals surface area (Å²) in [6.07, 6.45) is -1.01. The fourth-order valence-electron chi connectivity index (χ4n) is 1.86. The Morgan fingerprint density at radius 2 is 2.25 bits per heavy atom. The Kier molecular flexibility index (Phi) is 3.96. The standard InChI is InChI=1S/C9H13N2O8P/c12-7-1-2-11(8(13)10-7)9(14)4-18-3-6(9)19-5-20(15,16)17/h1-2,6,14H,3-5H2,(H,10,12,13)(H2,15,16,17)/t6-,9?/m0/s1. The second-order valence-electron chi connectivity index (χ2n) is 4.32. The minimum atomic E-state index is -4.42. The van der Waals surface area contributed by atoms with E-state index in [0.717, 1.165) is 16.8 Å². The molecule has 1 saturated heterocycles. The van der Waals surface area contributed by atoms with Crippen molar-refractivity contribution in [2.45, 2.75) is 11.8 Å². The Balaban J connectivity index is 2.29. The first-order valence-electron chi connectivity index (χ1n) is 5.51.